The Morgan fingerprint density at radius 1 is 1.25 bits per heavy atom. The average Bonchev–Trinajstić information content (AvgIpc) is 2.39. The molecule has 0 atom stereocenters. The first-order chi connectivity index (χ1) is 7.81. The van der Waals surface area contributed by atoms with E-state index < -0.39 is 5.97 Å². The van der Waals surface area contributed by atoms with Gasteiger partial charge in [-0.15, -0.1) is 0 Å². The molecule has 16 heavy (non-hydrogen) atoms. The molecular weight excluding hydrogens is 206 g/mol. The smallest absolute Gasteiger partial charge is 0.376 e. The summed E-state index contributed by atoms with van der Waals surface area (Å²) in [6.45, 7) is 0. The summed E-state index contributed by atoms with van der Waals surface area (Å²) >= 11 is 0. The minimum absolute atomic E-state index is 0.0450. The first kappa shape index (κ1) is 10.2. The average molecular weight is 214 g/mol. The Balaban J connectivity index is 2.40. The van der Waals surface area contributed by atoms with Crippen molar-refractivity contribution in [3.05, 3.63) is 42.5 Å². The van der Waals surface area contributed by atoms with Gasteiger partial charge in [-0.3, -0.25) is 0 Å². The minimum atomic E-state index is -0.601. The molecule has 0 N–H and O–H groups in total. The third-order valence-corrected chi connectivity index (χ3v) is 1.92. The summed E-state index contributed by atoms with van der Waals surface area (Å²) in [4.78, 5) is 22.7. The van der Waals surface area contributed by atoms with Crippen LogP contribution in [-0.2, 0) is 4.74 Å². The maximum atomic E-state index is 11.2. The highest BCUT2D eigenvalue weighted by atomic mass is 16.5. The van der Waals surface area contributed by atoms with Gasteiger partial charge in [0.1, 0.15) is 0 Å². The Labute approximate surface area is 92.2 Å². The van der Waals surface area contributed by atoms with Crippen molar-refractivity contribution < 1.29 is 9.53 Å². The molecule has 0 aliphatic heterocycles. The van der Waals surface area contributed by atoms with Crippen molar-refractivity contribution >= 4 is 5.97 Å². The van der Waals surface area contributed by atoms with Crippen molar-refractivity contribution in [3.63, 3.8) is 0 Å². The first-order valence-electron chi connectivity index (χ1n) is 4.57. The van der Waals surface area contributed by atoms with Crippen LogP contribution in [0.2, 0.25) is 0 Å². The highest BCUT2D eigenvalue weighted by Gasteiger charge is 2.11. The lowest BCUT2D eigenvalue weighted by Crippen LogP contribution is -2.08. The highest BCUT2D eigenvalue weighted by molar-refractivity contribution is 5.85. The molecule has 0 aliphatic carbocycles. The van der Waals surface area contributed by atoms with E-state index in [1.54, 1.807) is 0 Å². The molecule has 2 aromatic rings. The topological polar surface area (TPSA) is 65.0 Å². The Hall–Kier alpha value is -2.30. The minimum Gasteiger partial charge on any atom is -0.463 e. The Morgan fingerprint density at radius 3 is 2.69 bits per heavy atom. The fourth-order valence-corrected chi connectivity index (χ4v) is 1.17. The van der Waals surface area contributed by atoms with E-state index in [2.05, 4.69) is 26.0 Å². The van der Waals surface area contributed by atoms with Crippen LogP contribution in [0.4, 0.5) is 0 Å². The quantitative estimate of drug-likeness (QED) is 0.701. The number of hydrogen-bond donors (Lipinski definition) is 0. The molecule has 5 heteroatoms. The normalized spacial score (nSPS) is 9.81. The summed E-state index contributed by atoms with van der Waals surface area (Å²) in [5.74, 6) is -0.247. The number of carbonyl (C=O) groups excluding carboxylic acids is 1. The third kappa shape index (κ3) is 2.03. The highest BCUT2D eigenvalue weighted by Crippen LogP contribution is 2.12. The van der Waals surface area contributed by atoms with Gasteiger partial charge in [0.15, 0.2) is 5.82 Å². The zero-order chi connectivity index (χ0) is 11.4. The predicted molar refractivity (Wildman–Crippen MR) is 55.4 cm³/mol. The molecule has 0 saturated heterocycles. The Bertz CT molecular complexity index is 500. The van der Waals surface area contributed by atoms with Crippen LogP contribution in [0, 0.1) is 6.33 Å². The molecule has 0 spiro atoms. The van der Waals surface area contributed by atoms with E-state index in [4.69, 9.17) is 0 Å². The largest absolute Gasteiger partial charge is 0.463 e. The van der Waals surface area contributed by atoms with E-state index in [1.165, 1.54) is 7.11 Å². The molecule has 0 amide bonds. The van der Waals surface area contributed by atoms with E-state index in [-0.39, 0.29) is 5.82 Å². The second-order valence-corrected chi connectivity index (χ2v) is 2.94. The standard InChI is InChI=1S/C11H8N3O2/c1-16-11(15)10-13-7-12-9(14-10)8-5-3-2-4-6-8/h2-6H,1H3. The van der Waals surface area contributed by atoms with Crippen molar-refractivity contribution in [1.82, 2.24) is 15.0 Å². The van der Waals surface area contributed by atoms with Crippen molar-refractivity contribution in [1.29, 1.82) is 0 Å². The number of ether oxygens (including phenoxy) is 1. The number of benzene rings is 1. The second-order valence-electron chi connectivity index (χ2n) is 2.94. The van der Waals surface area contributed by atoms with Crippen LogP contribution in [0.3, 0.4) is 0 Å². The molecule has 0 bridgehead atoms. The first-order valence-corrected chi connectivity index (χ1v) is 4.57. The molecule has 0 unspecified atom stereocenters. The van der Waals surface area contributed by atoms with E-state index in [9.17, 15) is 4.79 Å². The number of hydrogen-bond acceptors (Lipinski definition) is 5. The summed E-state index contributed by atoms with van der Waals surface area (Å²) in [7, 11) is 1.27. The molecule has 2 rings (SSSR count). The fourth-order valence-electron chi connectivity index (χ4n) is 1.17. The number of esters is 1. The van der Waals surface area contributed by atoms with Crippen LogP contribution >= 0.6 is 0 Å². The maximum Gasteiger partial charge on any atom is 0.376 e. The van der Waals surface area contributed by atoms with Gasteiger partial charge in [0.25, 0.3) is 0 Å². The predicted octanol–water partition coefficient (Wildman–Crippen LogP) is 1.13. The second kappa shape index (κ2) is 4.48. The van der Waals surface area contributed by atoms with Crippen LogP contribution in [0.5, 0.6) is 0 Å². The Morgan fingerprint density at radius 2 is 2.00 bits per heavy atom. The van der Waals surface area contributed by atoms with E-state index >= 15 is 0 Å². The summed E-state index contributed by atoms with van der Waals surface area (Å²) in [6.07, 6.45) is 2.38. The molecule has 79 valence electrons. The lowest BCUT2D eigenvalue weighted by Gasteiger charge is -2.00. The van der Waals surface area contributed by atoms with Gasteiger partial charge in [-0.1, -0.05) is 30.3 Å². The number of nitrogens with zero attached hydrogens (tertiary/aromatic N) is 3. The summed E-state index contributed by atoms with van der Waals surface area (Å²) < 4.78 is 4.52. The molecule has 0 aliphatic rings. The van der Waals surface area contributed by atoms with E-state index in [0.717, 1.165) is 5.56 Å². The van der Waals surface area contributed by atoms with Crippen molar-refractivity contribution in [2.75, 3.05) is 7.11 Å². The molecule has 0 saturated carbocycles. The van der Waals surface area contributed by atoms with Gasteiger partial charge in [0, 0.05) is 5.56 Å². The van der Waals surface area contributed by atoms with Gasteiger partial charge in [-0.25, -0.2) is 14.8 Å². The molecule has 1 aromatic carbocycles. The molecule has 5 nitrogen and oxygen atoms in total. The number of aromatic nitrogens is 3. The maximum absolute atomic E-state index is 11.2. The number of methoxy groups -OCH3 is 1. The van der Waals surface area contributed by atoms with Gasteiger partial charge < -0.3 is 4.74 Å². The van der Waals surface area contributed by atoms with Gasteiger partial charge in [0.05, 0.1) is 7.11 Å². The van der Waals surface area contributed by atoms with Gasteiger partial charge >= 0.3 is 5.97 Å². The number of carbonyl (C=O) groups is 1. The zero-order valence-electron chi connectivity index (χ0n) is 8.54. The van der Waals surface area contributed by atoms with E-state index in [1.807, 2.05) is 30.3 Å². The van der Waals surface area contributed by atoms with Crippen molar-refractivity contribution in [3.8, 4) is 11.4 Å². The molecule has 0 fully saturated rings. The zero-order valence-corrected chi connectivity index (χ0v) is 8.54. The van der Waals surface area contributed by atoms with Crippen molar-refractivity contribution in [2.45, 2.75) is 0 Å². The summed E-state index contributed by atoms with van der Waals surface area (Å²) in [5, 5.41) is 0. The third-order valence-electron chi connectivity index (χ3n) is 1.92. The van der Waals surface area contributed by atoms with Crippen LogP contribution in [0.1, 0.15) is 10.6 Å². The summed E-state index contributed by atoms with van der Waals surface area (Å²) in [6, 6.07) is 9.28. The molecule has 1 aromatic heterocycles. The summed E-state index contributed by atoms with van der Waals surface area (Å²) in [5.41, 5.74) is 0.798. The SMILES string of the molecule is COC(=O)c1n[c]nc(-c2ccccc2)n1. The van der Waals surface area contributed by atoms with Crippen LogP contribution < -0.4 is 0 Å². The molecule has 1 heterocycles. The molecular formula is C11H8N3O2. The monoisotopic (exact) mass is 214 g/mol. The lowest BCUT2D eigenvalue weighted by atomic mass is 10.2. The fraction of sp³-hybridized carbons (Fsp3) is 0.0909. The van der Waals surface area contributed by atoms with Gasteiger partial charge in [-0.05, 0) is 0 Å². The van der Waals surface area contributed by atoms with Crippen LogP contribution in [0.15, 0.2) is 30.3 Å². The van der Waals surface area contributed by atoms with Crippen LogP contribution in [0.25, 0.3) is 11.4 Å². The van der Waals surface area contributed by atoms with Crippen LogP contribution in [-0.4, -0.2) is 28.0 Å². The van der Waals surface area contributed by atoms with Gasteiger partial charge in [0.2, 0.25) is 12.2 Å². The Kier molecular flexibility index (Phi) is 2.86. The number of rotatable bonds is 2. The molecule has 1 radical (unpaired) electrons. The lowest BCUT2D eigenvalue weighted by molar-refractivity contribution is 0.0586. The van der Waals surface area contributed by atoms with Gasteiger partial charge in [-0.2, -0.15) is 4.98 Å². The van der Waals surface area contributed by atoms with Crippen molar-refractivity contribution in [2.24, 2.45) is 0 Å². The van der Waals surface area contributed by atoms with E-state index in [0.29, 0.717) is 5.82 Å².